The number of hydrogen-bond acceptors (Lipinski definition) is 4. The van der Waals surface area contributed by atoms with Crippen LogP contribution in [-0.2, 0) is 24.3 Å². The van der Waals surface area contributed by atoms with Crippen molar-refractivity contribution in [1.29, 1.82) is 0 Å². The number of hydrogen-bond donors (Lipinski definition) is 1. The lowest BCUT2D eigenvalue weighted by Crippen LogP contribution is -2.48. The molecule has 6 heteroatoms. The number of aromatic nitrogens is 3. The van der Waals surface area contributed by atoms with Gasteiger partial charge >= 0.3 is 0 Å². The Morgan fingerprint density at radius 3 is 2.92 bits per heavy atom. The Labute approximate surface area is 155 Å². The molecule has 1 aliphatic rings. The zero-order valence-electron chi connectivity index (χ0n) is 16.0. The maximum Gasteiger partial charge on any atom is 0.242 e. The molecule has 0 spiro atoms. The number of carbonyl (C=O) groups is 1. The van der Waals surface area contributed by atoms with E-state index in [1.807, 2.05) is 30.8 Å². The Balaban J connectivity index is 1.54. The molecule has 1 fully saturated rings. The number of likely N-dealkylation sites (tertiary alicyclic amines) is 1. The van der Waals surface area contributed by atoms with Crippen LogP contribution < -0.4 is 5.32 Å². The number of carbonyl (C=O) groups excluding carboxylic acids is 1. The van der Waals surface area contributed by atoms with Crippen LogP contribution in [0, 0.1) is 13.8 Å². The number of pyridine rings is 1. The first kappa shape index (κ1) is 18.6. The van der Waals surface area contributed by atoms with Crippen LogP contribution >= 0.6 is 0 Å². The van der Waals surface area contributed by atoms with Gasteiger partial charge in [0.15, 0.2) is 0 Å². The Bertz CT molecular complexity index is 740. The van der Waals surface area contributed by atoms with Crippen molar-refractivity contribution in [3.63, 3.8) is 0 Å². The molecule has 1 atom stereocenters. The van der Waals surface area contributed by atoms with Crippen LogP contribution in [0.5, 0.6) is 0 Å². The highest BCUT2D eigenvalue weighted by atomic mass is 16.2. The highest BCUT2D eigenvalue weighted by molar-refractivity contribution is 5.76. The van der Waals surface area contributed by atoms with Crippen LogP contribution in [0.1, 0.15) is 42.3 Å². The molecule has 26 heavy (non-hydrogen) atoms. The van der Waals surface area contributed by atoms with E-state index in [2.05, 4.69) is 33.3 Å². The molecule has 1 amide bonds. The van der Waals surface area contributed by atoms with Crippen molar-refractivity contribution in [2.45, 2.75) is 59.2 Å². The average molecular weight is 355 g/mol. The van der Waals surface area contributed by atoms with E-state index in [1.165, 1.54) is 11.1 Å². The second-order valence-corrected chi connectivity index (χ2v) is 7.16. The summed E-state index contributed by atoms with van der Waals surface area (Å²) in [6.45, 7) is 9.32. The van der Waals surface area contributed by atoms with E-state index in [9.17, 15) is 4.79 Å². The molecule has 2 aromatic heterocycles. The third-order valence-electron chi connectivity index (χ3n) is 5.18. The molecule has 0 saturated carbocycles. The van der Waals surface area contributed by atoms with E-state index in [4.69, 9.17) is 0 Å². The van der Waals surface area contributed by atoms with Gasteiger partial charge in [-0.05, 0) is 56.8 Å². The highest BCUT2D eigenvalue weighted by Crippen LogP contribution is 2.15. The smallest absolute Gasteiger partial charge is 0.242 e. The van der Waals surface area contributed by atoms with Crippen LogP contribution in [0.25, 0.3) is 0 Å². The number of nitrogens with zero attached hydrogens (tertiary/aromatic N) is 4. The summed E-state index contributed by atoms with van der Waals surface area (Å²) in [5.41, 5.74) is 4.59. The summed E-state index contributed by atoms with van der Waals surface area (Å²) in [6, 6.07) is 4.27. The SMILES string of the molecule is CCc1c(C)nn(CC(=O)N[C@@H]2CCCN(Cc3cccnc3)C2)c1C. The molecule has 1 N–H and O–H groups in total. The summed E-state index contributed by atoms with van der Waals surface area (Å²) in [7, 11) is 0. The third-order valence-corrected chi connectivity index (χ3v) is 5.18. The minimum Gasteiger partial charge on any atom is -0.350 e. The van der Waals surface area contributed by atoms with E-state index in [0.717, 1.165) is 50.3 Å². The van der Waals surface area contributed by atoms with Crippen molar-refractivity contribution in [3.05, 3.63) is 47.0 Å². The van der Waals surface area contributed by atoms with Crippen molar-refractivity contribution >= 4 is 5.91 Å². The normalized spacial score (nSPS) is 18.0. The Hall–Kier alpha value is -2.21. The van der Waals surface area contributed by atoms with E-state index < -0.39 is 0 Å². The number of rotatable bonds is 6. The summed E-state index contributed by atoms with van der Waals surface area (Å²) < 4.78 is 1.83. The molecule has 3 heterocycles. The lowest BCUT2D eigenvalue weighted by atomic mass is 10.0. The van der Waals surface area contributed by atoms with Crippen LogP contribution in [0.4, 0.5) is 0 Å². The quantitative estimate of drug-likeness (QED) is 0.863. The first-order valence-corrected chi connectivity index (χ1v) is 9.50. The van der Waals surface area contributed by atoms with E-state index in [0.29, 0.717) is 6.54 Å². The van der Waals surface area contributed by atoms with E-state index in [-0.39, 0.29) is 11.9 Å². The molecule has 3 rings (SSSR count). The zero-order valence-corrected chi connectivity index (χ0v) is 16.0. The molecule has 0 unspecified atom stereocenters. The number of nitrogens with one attached hydrogen (secondary N) is 1. The standard InChI is InChI=1S/C20H29N5O/c1-4-19-15(2)23-25(16(19)3)14-20(26)22-18-8-6-10-24(13-18)12-17-7-5-9-21-11-17/h5,7,9,11,18H,4,6,8,10,12-14H2,1-3H3,(H,22,26)/t18-/m1/s1. The highest BCUT2D eigenvalue weighted by Gasteiger charge is 2.22. The summed E-state index contributed by atoms with van der Waals surface area (Å²) in [5, 5.41) is 7.72. The van der Waals surface area contributed by atoms with Gasteiger partial charge < -0.3 is 5.32 Å². The van der Waals surface area contributed by atoms with Crippen LogP contribution in [0.15, 0.2) is 24.5 Å². The maximum atomic E-state index is 12.5. The fraction of sp³-hybridized carbons (Fsp3) is 0.550. The van der Waals surface area contributed by atoms with E-state index in [1.54, 1.807) is 6.20 Å². The van der Waals surface area contributed by atoms with Crippen molar-refractivity contribution in [3.8, 4) is 0 Å². The first-order chi connectivity index (χ1) is 12.6. The fourth-order valence-corrected chi connectivity index (χ4v) is 3.88. The molecule has 6 nitrogen and oxygen atoms in total. The first-order valence-electron chi connectivity index (χ1n) is 9.50. The zero-order chi connectivity index (χ0) is 18.5. The van der Waals surface area contributed by atoms with Gasteiger partial charge in [-0.3, -0.25) is 19.4 Å². The molecule has 140 valence electrons. The molecule has 0 aliphatic carbocycles. The van der Waals surface area contributed by atoms with Gasteiger partial charge in [-0.2, -0.15) is 5.10 Å². The molecule has 0 aromatic carbocycles. The van der Waals surface area contributed by atoms with Gasteiger partial charge in [-0.1, -0.05) is 13.0 Å². The monoisotopic (exact) mass is 355 g/mol. The molecule has 0 radical (unpaired) electrons. The molecule has 0 bridgehead atoms. The average Bonchev–Trinajstić information content (AvgIpc) is 2.89. The van der Waals surface area contributed by atoms with Gasteiger partial charge in [0.1, 0.15) is 6.54 Å². The lowest BCUT2D eigenvalue weighted by Gasteiger charge is -2.33. The summed E-state index contributed by atoms with van der Waals surface area (Å²) >= 11 is 0. The number of amides is 1. The predicted octanol–water partition coefficient (Wildman–Crippen LogP) is 2.24. The van der Waals surface area contributed by atoms with Crippen LogP contribution in [0.3, 0.4) is 0 Å². The van der Waals surface area contributed by atoms with Gasteiger partial charge in [-0.15, -0.1) is 0 Å². The van der Waals surface area contributed by atoms with Crippen molar-refractivity contribution < 1.29 is 4.79 Å². The summed E-state index contributed by atoms with van der Waals surface area (Å²) in [4.78, 5) is 19.1. The molecular formula is C20H29N5O. The Morgan fingerprint density at radius 2 is 2.23 bits per heavy atom. The fourth-order valence-electron chi connectivity index (χ4n) is 3.88. The largest absolute Gasteiger partial charge is 0.350 e. The molecular weight excluding hydrogens is 326 g/mol. The van der Waals surface area contributed by atoms with Gasteiger partial charge in [0.05, 0.1) is 5.69 Å². The number of piperidine rings is 1. The maximum absolute atomic E-state index is 12.5. The van der Waals surface area contributed by atoms with Crippen molar-refractivity contribution in [2.75, 3.05) is 13.1 Å². The van der Waals surface area contributed by atoms with Gasteiger partial charge in [0, 0.05) is 37.2 Å². The topological polar surface area (TPSA) is 63.1 Å². The number of aryl methyl sites for hydroxylation is 1. The Kier molecular flexibility index (Phi) is 6.04. The van der Waals surface area contributed by atoms with Crippen molar-refractivity contribution in [1.82, 2.24) is 25.0 Å². The predicted molar refractivity (Wildman–Crippen MR) is 102 cm³/mol. The minimum atomic E-state index is 0.0477. The van der Waals surface area contributed by atoms with Crippen LogP contribution in [0.2, 0.25) is 0 Å². The summed E-state index contributed by atoms with van der Waals surface area (Å²) in [6.07, 6.45) is 6.80. The van der Waals surface area contributed by atoms with Gasteiger partial charge in [0.25, 0.3) is 0 Å². The molecule has 1 aliphatic heterocycles. The van der Waals surface area contributed by atoms with Crippen LogP contribution in [-0.4, -0.2) is 44.7 Å². The molecule has 2 aromatic rings. The second-order valence-electron chi connectivity index (χ2n) is 7.16. The third kappa shape index (κ3) is 4.49. The minimum absolute atomic E-state index is 0.0477. The van der Waals surface area contributed by atoms with Gasteiger partial charge in [-0.25, -0.2) is 0 Å². The van der Waals surface area contributed by atoms with Gasteiger partial charge in [0.2, 0.25) is 5.91 Å². The molecule has 1 saturated heterocycles. The Morgan fingerprint density at radius 1 is 1.38 bits per heavy atom. The lowest BCUT2D eigenvalue weighted by molar-refractivity contribution is -0.123. The van der Waals surface area contributed by atoms with Crippen molar-refractivity contribution in [2.24, 2.45) is 0 Å². The van der Waals surface area contributed by atoms with E-state index >= 15 is 0 Å². The second kappa shape index (κ2) is 8.45. The summed E-state index contributed by atoms with van der Waals surface area (Å²) in [5.74, 6) is 0.0477.